The van der Waals surface area contributed by atoms with Crippen molar-refractivity contribution in [1.29, 1.82) is 0 Å². The topological polar surface area (TPSA) is 53.2 Å². The predicted molar refractivity (Wildman–Crippen MR) is 28.1 cm³/mol. The van der Waals surface area contributed by atoms with Crippen LogP contribution in [0, 0.1) is 0 Å². The molecule has 1 saturated heterocycles. The summed E-state index contributed by atoms with van der Waals surface area (Å²) in [6, 6.07) is 0. The summed E-state index contributed by atoms with van der Waals surface area (Å²) < 4.78 is 0. The Morgan fingerprint density at radius 3 is 2.88 bits per heavy atom. The number of nitrogens with one attached hydrogen (secondary N) is 3. The molecule has 0 unspecified atom stereocenters. The van der Waals surface area contributed by atoms with Gasteiger partial charge in [-0.1, -0.05) is 0 Å². The molecule has 0 aromatic rings. The average molecular weight is 113 g/mol. The molecule has 0 atom stereocenters. The highest BCUT2D eigenvalue weighted by Gasteiger charge is 2.00. The molecule has 0 aromatic carbocycles. The lowest BCUT2D eigenvalue weighted by atomic mass is 10.3. The van der Waals surface area contributed by atoms with E-state index in [0.29, 0.717) is 5.70 Å². The van der Waals surface area contributed by atoms with Crippen molar-refractivity contribution in [2.24, 2.45) is 0 Å². The van der Waals surface area contributed by atoms with Crippen LogP contribution in [0.15, 0.2) is 5.70 Å². The third kappa shape index (κ3) is 1.07. The molecule has 1 aliphatic rings. The van der Waals surface area contributed by atoms with E-state index in [0.717, 1.165) is 13.0 Å². The van der Waals surface area contributed by atoms with Crippen molar-refractivity contribution in [1.82, 2.24) is 16.4 Å². The van der Waals surface area contributed by atoms with Crippen LogP contribution in [-0.4, -0.2) is 12.5 Å². The largest absolute Gasteiger partial charge is 0.302 e. The maximum absolute atomic E-state index is 9.87. The Kier molecular flexibility index (Phi) is 1.64. The van der Waals surface area contributed by atoms with Crippen LogP contribution < -0.4 is 16.4 Å². The molecule has 0 aliphatic carbocycles. The van der Waals surface area contributed by atoms with E-state index in [1.54, 1.807) is 5.94 Å². The van der Waals surface area contributed by atoms with Crippen LogP contribution in [0.1, 0.15) is 6.42 Å². The van der Waals surface area contributed by atoms with E-state index in [1.165, 1.54) is 0 Å². The lowest BCUT2D eigenvalue weighted by molar-refractivity contribution is 0.419. The lowest BCUT2D eigenvalue weighted by Gasteiger charge is -2.15. The minimum absolute atomic E-state index is 0.573. The molecule has 1 aliphatic heterocycles. The zero-order valence-electron chi connectivity index (χ0n) is 4.32. The van der Waals surface area contributed by atoms with Crippen molar-refractivity contribution >= 4 is 5.94 Å². The second-order valence-corrected chi connectivity index (χ2v) is 1.51. The predicted octanol–water partition coefficient (Wildman–Crippen LogP) is -1.30. The van der Waals surface area contributed by atoms with Crippen molar-refractivity contribution in [2.75, 3.05) is 6.54 Å². The average Bonchev–Trinajstić information content (AvgIpc) is 1.90. The van der Waals surface area contributed by atoms with Gasteiger partial charge in [0.15, 0.2) is 0 Å². The first-order chi connectivity index (χ1) is 3.93. The Labute approximate surface area is 46.9 Å². The van der Waals surface area contributed by atoms with Gasteiger partial charge in [0.05, 0.1) is 0 Å². The van der Waals surface area contributed by atoms with Gasteiger partial charge in [-0.3, -0.25) is 0 Å². The molecule has 44 valence electrons. The van der Waals surface area contributed by atoms with Crippen LogP contribution in [0.4, 0.5) is 0 Å². The maximum Gasteiger partial charge on any atom is 0.146 e. The summed E-state index contributed by atoms with van der Waals surface area (Å²) in [5, 5.41) is 0. The van der Waals surface area contributed by atoms with Gasteiger partial charge in [0.1, 0.15) is 11.6 Å². The summed E-state index contributed by atoms with van der Waals surface area (Å²) in [7, 11) is 0. The first kappa shape index (κ1) is 5.31. The van der Waals surface area contributed by atoms with Gasteiger partial charge in [-0.25, -0.2) is 10.2 Å². The summed E-state index contributed by atoms with van der Waals surface area (Å²) in [6.45, 7) is 0.775. The molecular formula is C4H7N3O. The van der Waals surface area contributed by atoms with Crippen LogP contribution in [0.3, 0.4) is 0 Å². The summed E-state index contributed by atoms with van der Waals surface area (Å²) in [5.74, 6) is 1.76. The van der Waals surface area contributed by atoms with Crippen molar-refractivity contribution in [3.8, 4) is 0 Å². The SMILES string of the molecule is O=C=C1CCNNN1. The molecule has 0 amide bonds. The van der Waals surface area contributed by atoms with Crippen LogP contribution in [0.5, 0.6) is 0 Å². The van der Waals surface area contributed by atoms with E-state index in [-0.39, 0.29) is 0 Å². The Balaban J connectivity index is 2.45. The highest BCUT2D eigenvalue weighted by atomic mass is 16.1. The molecule has 1 heterocycles. The zero-order valence-corrected chi connectivity index (χ0v) is 4.32. The molecule has 3 N–H and O–H groups in total. The Hall–Kier alpha value is -0.830. The number of carbonyl (C=O) groups excluding carboxylic acids is 1. The Morgan fingerprint density at radius 1 is 1.62 bits per heavy atom. The highest BCUT2D eigenvalue weighted by Crippen LogP contribution is 1.88. The Bertz CT molecular complexity index is 119. The number of hydrogen-bond donors (Lipinski definition) is 3. The summed E-state index contributed by atoms with van der Waals surface area (Å²) in [6.07, 6.45) is 0.719. The van der Waals surface area contributed by atoms with Crippen molar-refractivity contribution in [3.05, 3.63) is 5.70 Å². The minimum Gasteiger partial charge on any atom is -0.302 e. The van der Waals surface area contributed by atoms with Crippen LogP contribution in [0.2, 0.25) is 0 Å². The summed E-state index contributed by atoms with van der Waals surface area (Å²) >= 11 is 0. The van der Waals surface area contributed by atoms with Gasteiger partial charge in [-0.2, -0.15) is 5.53 Å². The second kappa shape index (κ2) is 2.47. The molecule has 4 heteroatoms. The van der Waals surface area contributed by atoms with E-state index in [9.17, 15) is 4.79 Å². The quantitative estimate of drug-likeness (QED) is 0.342. The van der Waals surface area contributed by atoms with Gasteiger partial charge < -0.3 is 5.43 Å². The van der Waals surface area contributed by atoms with E-state index in [2.05, 4.69) is 16.4 Å². The molecule has 0 bridgehead atoms. The monoisotopic (exact) mass is 113 g/mol. The van der Waals surface area contributed by atoms with Crippen LogP contribution in [0.25, 0.3) is 0 Å². The van der Waals surface area contributed by atoms with Gasteiger partial charge in [-0.05, 0) is 0 Å². The first-order valence-corrected chi connectivity index (χ1v) is 2.41. The van der Waals surface area contributed by atoms with Gasteiger partial charge in [-0.15, -0.1) is 0 Å². The molecule has 1 rings (SSSR count). The van der Waals surface area contributed by atoms with Crippen LogP contribution >= 0.6 is 0 Å². The number of rotatable bonds is 0. The van der Waals surface area contributed by atoms with Crippen molar-refractivity contribution < 1.29 is 4.79 Å². The fourth-order valence-electron chi connectivity index (χ4n) is 0.509. The molecule has 0 radical (unpaired) electrons. The van der Waals surface area contributed by atoms with Gasteiger partial charge in [0.25, 0.3) is 0 Å². The first-order valence-electron chi connectivity index (χ1n) is 2.41. The number of hydrazine groups is 2. The van der Waals surface area contributed by atoms with Crippen LogP contribution in [-0.2, 0) is 4.79 Å². The lowest BCUT2D eigenvalue weighted by Crippen LogP contribution is -2.48. The van der Waals surface area contributed by atoms with E-state index < -0.39 is 0 Å². The maximum atomic E-state index is 9.87. The van der Waals surface area contributed by atoms with Gasteiger partial charge in [0, 0.05) is 13.0 Å². The Morgan fingerprint density at radius 2 is 2.50 bits per heavy atom. The molecule has 8 heavy (non-hydrogen) atoms. The number of hydrogen-bond acceptors (Lipinski definition) is 4. The normalized spacial score (nSPS) is 19.2. The molecule has 4 nitrogen and oxygen atoms in total. The van der Waals surface area contributed by atoms with Gasteiger partial charge >= 0.3 is 0 Å². The fourth-order valence-corrected chi connectivity index (χ4v) is 0.509. The van der Waals surface area contributed by atoms with Crippen molar-refractivity contribution in [2.45, 2.75) is 6.42 Å². The van der Waals surface area contributed by atoms with Crippen molar-refractivity contribution in [3.63, 3.8) is 0 Å². The summed E-state index contributed by atoms with van der Waals surface area (Å²) in [5.41, 5.74) is 8.55. The third-order valence-corrected chi connectivity index (χ3v) is 0.925. The molecule has 0 spiro atoms. The second-order valence-electron chi connectivity index (χ2n) is 1.51. The smallest absolute Gasteiger partial charge is 0.146 e. The highest BCUT2D eigenvalue weighted by molar-refractivity contribution is 5.51. The molecular weight excluding hydrogens is 106 g/mol. The molecule has 0 saturated carbocycles. The molecule has 1 fully saturated rings. The fraction of sp³-hybridized carbons (Fsp3) is 0.500. The standard InChI is InChI=1S/C4H7N3O/c8-3-4-1-2-5-7-6-4/h5-7H,1-2H2. The third-order valence-electron chi connectivity index (χ3n) is 0.925. The van der Waals surface area contributed by atoms with E-state index in [4.69, 9.17) is 0 Å². The summed E-state index contributed by atoms with van der Waals surface area (Å²) in [4.78, 5) is 9.87. The van der Waals surface area contributed by atoms with E-state index in [1.807, 2.05) is 0 Å². The zero-order chi connectivity index (χ0) is 5.82. The molecule has 0 aromatic heterocycles. The minimum atomic E-state index is 0.573. The van der Waals surface area contributed by atoms with E-state index >= 15 is 0 Å². The van der Waals surface area contributed by atoms with Gasteiger partial charge in [0.2, 0.25) is 0 Å².